The van der Waals surface area contributed by atoms with Crippen molar-refractivity contribution < 1.29 is 129 Å². The number of hydrogen-bond donors (Lipinski definition) is 2. The predicted octanol–water partition coefficient (Wildman–Crippen LogP) is -4.16. The van der Waals surface area contributed by atoms with Gasteiger partial charge < -0.3 is 48.5 Å². The van der Waals surface area contributed by atoms with Crippen LogP contribution in [0.25, 0.3) is 0 Å². The van der Waals surface area contributed by atoms with Gasteiger partial charge in [0, 0.05) is 26.0 Å². The second-order valence-electron chi connectivity index (χ2n) is 7.33. The molecule has 0 aliphatic carbocycles. The molecule has 1 amide bonds. The Labute approximate surface area is 308 Å². The first-order chi connectivity index (χ1) is 25.6. The van der Waals surface area contributed by atoms with Crippen molar-refractivity contribution >= 4 is 42.8 Å². The molecule has 2 N–H and O–H groups in total. The molecule has 4 rings (SSSR count). The molecule has 19 heteroatoms. The van der Waals surface area contributed by atoms with Crippen molar-refractivity contribution in [1.29, 1.82) is 0 Å². The van der Waals surface area contributed by atoms with Crippen LogP contribution in [0.3, 0.4) is 0 Å². The number of aromatic nitrogens is 3. The SMILES string of the molecule is [2H]c1c(Nc2nc(Nc3cc(OC([2H])([2H])[2H])c(OC([2H])([2H])[2H])c(OC([2H])([2H])[2H])c3)ncc2F)nc2c(c1[2H])OC(C([2H])([2H])[2H])(C([2H])([2H])[2H])C(=O)N2COP(=O)([O-])[O-].[Na+].[Na+]. The first-order valence-corrected chi connectivity index (χ1v) is 11.6. The number of ether oxygens (including phenoxy) is 4. The quantitative estimate of drug-likeness (QED) is 0.160. The molecule has 0 atom stereocenters. The van der Waals surface area contributed by atoms with Crippen LogP contribution < -0.4 is 103 Å². The minimum absolute atomic E-state index is 0. The van der Waals surface area contributed by atoms with Gasteiger partial charge in [-0.05, 0) is 25.8 Å². The number of halogens is 1. The third kappa shape index (κ3) is 8.23. The predicted molar refractivity (Wildman–Crippen MR) is 135 cm³/mol. The maximum atomic E-state index is 15.1. The van der Waals surface area contributed by atoms with Crippen molar-refractivity contribution in [2.24, 2.45) is 0 Å². The van der Waals surface area contributed by atoms with Gasteiger partial charge in [-0.1, -0.05) is 0 Å². The Morgan fingerprint density at radius 1 is 1.12 bits per heavy atom. The van der Waals surface area contributed by atoms with E-state index in [-0.39, 0.29) is 64.0 Å². The number of hydrogen-bond acceptors (Lipinski definition) is 14. The zero-order valence-electron chi connectivity index (χ0n) is 38.2. The normalized spacial score (nSPS) is 21.0. The monoisotopic (exact) mass is 641 g/mol. The smallest absolute Gasteiger partial charge is 0.790 e. The number of nitrogens with one attached hydrogen (secondary N) is 2. The van der Waals surface area contributed by atoms with E-state index in [2.05, 4.69) is 30.1 Å². The third-order valence-corrected chi connectivity index (χ3v) is 5.13. The molecule has 0 bridgehead atoms. The molecule has 0 saturated carbocycles. The van der Waals surface area contributed by atoms with Crippen molar-refractivity contribution in [2.45, 2.75) is 19.3 Å². The van der Waals surface area contributed by atoms with E-state index in [0.29, 0.717) is 6.20 Å². The number of nitrogens with zero attached hydrogens (tertiary/aromatic N) is 4. The minimum Gasteiger partial charge on any atom is -0.790 e. The summed E-state index contributed by atoms with van der Waals surface area (Å²) >= 11 is 0. The van der Waals surface area contributed by atoms with Crippen LogP contribution in [-0.4, -0.2) is 54.3 Å². The Bertz CT molecular complexity index is 2060. The van der Waals surface area contributed by atoms with Crippen molar-refractivity contribution in [3.8, 4) is 23.0 Å². The molecule has 1 aliphatic rings. The van der Waals surface area contributed by atoms with E-state index in [1.165, 1.54) is 0 Å². The summed E-state index contributed by atoms with van der Waals surface area (Å²) in [4.78, 5) is 47.4. The number of amides is 1. The Hall–Kier alpha value is -2.24. The molecule has 15 nitrogen and oxygen atoms in total. The molecule has 0 saturated heterocycles. The molecule has 1 aliphatic heterocycles. The average Bonchev–Trinajstić information content (AvgIpc) is 2.98. The van der Waals surface area contributed by atoms with Gasteiger partial charge in [-0.2, -0.15) is 4.98 Å². The topological polar surface area (TPSA) is 192 Å². The summed E-state index contributed by atoms with van der Waals surface area (Å²) in [7, 11) is -15.8. The zero-order valence-corrected chi connectivity index (χ0v) is 26.1. The standard InChI is InChI=1S/C23H26FN6O9P.2Na/c1-23(2)21(31)30(11-38-40(32,33)34)20-14(39-23)6-7-17(28-20)27-19-13(24)10-25-22(29-19)26-12-8-15(35-3)18(37-5)16(9-12)36-4;;/h6-10H,11H2,1-5H3,(H2,32,33,34)(H2,25,26,27,28,29);;/q;2*+1/p-2/i1D3,2D3,3D3,4D3,5D3,6D,7D;;. The van der Waals surface area contributed by atoms with E-state index in [1.807, 2.05) is 0 Å². The van der Waals surface area contributed by atoms with Gasteiger partial charge in [-0.25, -0.2) is 14.4 Å². The van der Waals surface area contributed by atoms with Crippen molar-refractivity contribution in [3.05, 3.63) is 36.2 Å². The van der Waals surface area contributed by atoms with Crippen LogP contribution in [0.2, 0.25) is 0 Å². The second kappa shape index (κ2) is 14.5. The molecule has 1 aromatic carbocycles. The van der Waals surface area contributed by atoms with Crippen LogP contribution in [0.4, 0.5) is 33.5 Å². The molecular weight excluding hydrogens is 600 g/mol. The number of phosphoric acid groups is 1. The Balaban J connectivity index is 0.00000600. The number of pyridine rings is 1. The molecule has 0 spiro atoms. The summed E-state index contributed by atoms with van der Waals surface area (Å²) in [5, 5.41) is 4.58. The number of carbonyl (C=O) groups excluding carboxylic acids is 1. The molecule has 0 radical (unpaired) electrons. The Morgan fingerprint density at radius 3 is 2.43 bits per heavy atom. The summed E-state index contributed by atoms with van der Waals surface area (Å²) in [6.45, 7) is -9.47. The molecule has 214 valence electrons. The fraction of sp³-hybridized carbons (Fsp3) is 0.304. The zero-order chi connectivity index (χ0) is 43.5. The molecule has 42 heavy (non-hydrogen) atoms. The molecule has 3 aromatic rings. The molecule has 2 aromatic heterocycles. The summed E-state index contributed by atoms with van der Waals surface area (Å²) in [5.41, 5.74) is -4.25. The number of carbonyl (C=O) groups is 1. The van der Waals surface area contributed by atoms with Crippen molar-refractivity contribution in [2.75, 3.05) is 43.4 Å². The van der Waals surface area contributed by atoms with E-state index in [9.17, 15) is 19.1 Å². The third-order valence-electron chi connectivity index (χ3n) is 4.70. The molecule has 0 unspecified atom stereocenters. The number of methoxy groups -OCH3 is 3. The van der Waals surface area contributed by atoms with Crippen LogP contribution in [0, 0.1) is 5.82 Å². The minimum atomic E-state index is -5.98. The number of fused-ring (bicyclic) bond motifs is 1. The van der Waals surface area contributed by atoms with Crippen LogP contribution in [0.5, 0.6) is 23.0 Å². The molecular formula is C23H24FN6Na2O9P. The summed E-state index contributed by atoms with van der Waals surface area (Å²) in [6.07, 6.45) is 0.487. The average molecular weight is 642 g/mol. The van der Waals surface area contributed by atoms with Crippen molar-refractivity contribution in [3.63, 3.8) is 0 Å². The van der Waals surface area contributed by atoms with E-state index in [0.717, 1.165) is 12.1 Å². The van der Waals surface area contributed by atoms with Crippen LogP contribution in [0.1, 0.15) is 37.0 Å². The Kier molecular flexibility index (Phi) is 6.18. The van der Waals surface area contributed by atoms with E-state index < -0.39 is 131 Å². The van der Waals surface area contributed by atoms with Gasteiger partial charge in [0.15, 0.2) is 40.3 Å². The first kappa shape index (κ1) is 17.9. The summed E-state index contributed by atoms with van der Waals surface area (Å²) in [6, 6.07) is -0.731. The van der Waals surface area contributed by atoms with Gasteiger partial charge in [-0.15, -0.1) is 0 Å². The Morgan fingerprint density at radius 2 is 1.81 bits per heavy atom. The van der Waals surface area contributed by atoms with Gasteiger partial charge in [-0.3, -0.25) is 9.69 Å². The van der Waals surface area contributed by atoms with Crippen molar-refractivity contribution in [1.82, 2.24) is 15.0 Å². The van der Waals surface area contributed by atoms with Crippen LogP contribution >= 0.6 is 7.82 Å². The number of benzene rings is 1. The fourth-order valence-electron chi connectivity index (χ4n) is 3.06. The van der Waals surface area contributed by atoms with Gasteiger partial charge in [0.2, 0.25) is 11.7 Å². The number of phosphoric ester groups is 1. The number of rotatable bonds is 10. The van der Waals surface area contributed by atoms with Gasteiger partial charge >= 0.3 is 59.1 Å². The van der Waals surface area contributed by atoms with E-state index >= 15 is 4.39 Å². The van der Waals surface area contributed by atoms with E-state index in [4.69, 9.17) is 42.3 Å². The van der Waals surface area contributed by atoms with Crippen LogP contribution in [0.15, 0.2) is 30.4 Å². The van der Waals surface area contributed by atoms with Gasteiger partial charge in [0.25, 0.3) is 5.91 Å². The summed E-state index contributed by atoms with van der Waals surface area (Å²) < 4.78 is 181. The van der Waals surface area contributed by atoms with Gasteiger partial charge in [0.05, 0.1) is 50.2 Å². The van der Waals surface area contributed by atoms with E-state index in [1.54, 1.807) is 0 Å². The fourth-order valence-corrected chi connectivity index (χ4v) is 3.32. The largest absolute Gasteiger partial charge is 1.00 e. The maximum absolute atomic E-state index is 15.1. The first-order valence-electron chi connectivity index (χ1n) is 18.6. The second-order valence-corrected chi connectivity index (χ2v) is 8.49. The molecule has 0 fully saturated rings. The maximum Gasteiger partial charge on any atom is 1.00 e. The molecule has 3 heterocycles. The summed E-state index contributed by atoms with van der Waals surface area (Å²) in [5.74, 6) is -10.9. The number of anilines is 5. The van der Waals surface area contributed by atoms with Crippen LogP contribution in [-0.2, 0) is 13.9 Å². The van der Waals surface area contributed by atoms with Gasteiger partial charge in [0.1, 0.15) is 12.5 Å².